The number of fused-ring (bicyclic) bond motifs is 3. The fourth-order valence-electron chi connectivity index (χ4n) is 4.12. The van der Waals surface area contributed by atoms with Crippen molar-refractivity contribution in [1.82, 2.24) is 9.97 Å². The van der Waals surface area contributed by atoms with Crippen molar-refractivity contribution >= 4 is 51.3 Å². The SMILES string of the molecule is O=C1C(=CC2=CC=C(N3c4ncccc4[Te]c4cccnc43)C2)C(=O)c2ccccc21. The topological polar surface area (TPSA) is 63.2 Å². The summed E-state index contributed by atoms with van der Waals surface area (Å²) in [6.07, 6.45) is 9.98. The number of carbonyl (C=O) groups excluding carboxylic acids is 2. The number of nitrogens with zero attached hydrogens (tertiary/aromatic N) is 3. The standard InChI is InChI=1S/C25H15N3O2Te/c29-22-17-5-1-2-6-18(17)23(30)19(22)14-15-9-10-16(13-15)28-24-20(7-3-11-26-24)31-21-8-4-12-27-25(21)28/h1-12,14H,13H2. The first-order valence-corrected chi connectivity index (χ1v) is 12.2. The van der Waals surface area contributed by atoms with Gasteiger partial charge in [-0.3, -0.25) is 0 Å². The number of hydrogen-bond acceptors (Lipinski definition) is 5. The number of anilines is 2. The second-order valence-electron chi connectivity index (χ2n) is 7.43. The summed E-state index contributed by atoms with van der Waals surface area (Å²) in [5.41, 5.74) is 3.18. The first kappa shape index (κ1) is 18.4. The molecule has 148 valence electrons. The Hall–Kier alpha value is -3.33. The second kappa shape index (κ2) is 7.12. The average Bonchev–Trinajstić information content (AvgIpc) is 3.36. The van der Waals surface area contributed by atoms with Gasteiger partial charge < -0.3 is 0 Å². The Balaban J connectivity index is 1.33. The van der Waals surface area contributed by atoms with Crippen molar-refractivity contribution < 1.29 is 9.59 Å². The van der Waals surface area contributed by atoms with Gasteiger partial charge in [0.15, 0.2) is 0 Å². The number of pyridine rings is 2. The van der Waals surface area contributed by atoms with Crippen molar-refractivity contribution in [2.45, 2.75) is 6.42 Å². The van der Waals surface area contributed by atoms with Gasteiger partial charge in [0, 0.05) is 0 Å². The van der Waals surface area contributed by atoms with Gasteiger partial charge in [-0.05, 0) is 0 Å². The molecule has 0 saturated carbocycles. The van der Waals surface area contributed by atoms with E-state index in [9.17, 15) is 9.59 Å². The van der Waals surface area contributed by atoms with Crippen LogP contribution >= 0.6 is 0 Å². The molecule has 0 atom stereocenters. The predicted octanol–water partition coefficient (Wildman–Crippen LogP) is 2.80. The van der Waals surface area contributed by atoms with Crippen molar-refractivity contribution in [2.24, 2.45) is 0 Å². The number of rotatable bonds is 2. The Morgan fingerprint density at radius 1 is 0.806 bits per heavy atom. The summed E-state index contributed by atoms with van der Waals surface area (Å²) < 4.78 is 2.55. The van der Waals surface area contributed by atoms with Crippen molar-refractivity contribution in [2.75, 3.05) is 4.90 Å². The first-order chi connectivity index (χ1) is 15.2. The number of benzene rings is 1. The molecule has 0 saturated heterocycles. The van der Waals surface area contributed by atoms with Crippen LogP contribution in [-0.2, 0) is 0 Å². The van der Waals surface area contributed by atoms with Gasteiger partial charge in [-0.15, -0.1) is 0 Å². The Morgan fingerprint density at radius 2 is 1.42 bits per heavy atom. The van der Waals surface area contributed by atoms with Gasteiger partial charge in [0.25, 0.3) is 0 Å². The molecule has 2 aliphatic carbocycles. The fraction of sp³-hybridized carbons (Fsp3) is 0.0400. The Morgan fingerprint density at radius 3 is 2.03 bits per heavy atom. The zero-order valence-electron chi connectivity index (χ0n) is 16.3. The van der Waals surface area contributed by atoms with Gasteiger partial charge in [-0.2, -0.15) is 0 Å². The molecule has 0 amide bonds. The summed E-state index contributed by atoms with van der Waals surface area (Å²) in [5, 5.41) is 0. The van der Waals surface area contributed by atoms with Gasteiger partial charge in [0.2, 0.25) is 0 Å². The monoisotopic (exact) mass is 519 g/mol. The normalized spacial score (nSPS) is 16.5. The van der Waals surface area contributed by atoms with Crippen molar-refractivity contribution in [3.8, 4) is 0 Å². The minimum absolute atomic E-state index is 0.197. The van der Waals surface area contributed by atoms with Gasteiger partial charge in [-0.25, -0.2) is 0 Å². The molecule has 2 aromatic heterocycles. The Labute approximate surface area is 188 Å². The number of aromatic nitrogens is 2. The fourth-order valence-corrected chi connectivity index (χ4v) is 6.98. The van der Waals surface area contributed by atoms with Crippen LogP contribution in [0.4, 0.5) is 11.6 Å². The molecule has 0 bridgehead atoms. The summed E-state index contributed by atoms with van der Waals surface area (Å²) in [7, 11) is 0. The summed E-state index contributed by atoms with van der Waals surface area (Å²) in [4.78, 5) is 36.9. The van der Waals surface area contributed by atoms with Crippen molar-refractivity contribution in [1.29, 1.82) is 0 Å². The van der Waals surface area contributed by atoms with E-state index in [1.807, 2.05) is 36.7 Å². The zero-order chi connectivity index (χ0) is 20.9. The van der Waals surface area contributed by atoms with E-state index in [4.69, 9.17) is 0 Å². The van der Waals surface area contributed by atoms with E-state index < -0.39 is 20.9 Å². The van der Waals surface area contributed by atoms with Crippen LogP contribution in [0.1, 0.15) is 27.1 Å². The number of ketones is 2. The molecule has 31 heavy (non-hydrogen) atoms. The quantitative estimate of drug-likeness (QED) is 0.298. The average molecular weight is 517 g/mol. The van der Waals surface area contributed by atoms with Crippen LogP contribution < -0.4 is 12.1 Å². The van der Waals surface area contributed by atoms with E-state index >= 15 is 0 Å². The maximum absolute atomic E-state index is 12.7. The van der Waals surface area contributed by atoms with Crippen LogP contribution in [0.25, 0.3) is 0 Å². The molecule has 6 heteroatoms. The third-order valence-corrected chi connectivity index (χ3v) is 8.62. The molecule has 0 spiro atoms. The van der Waals surface area contributed by atoms with Crippen molar-refractivity contribution in [3.05, 3.63) is 107 Å². The van der Waals surface area contributed by atoms with E-state index in [-0.39, 0.29) is 17.1 Å². The summed E-state index contributed by atoms with van der Waals surface area (Å²) in [5.74, 6) is 1.48. The molecule has 3 heterocycles. The zero-order valence-corrected chi connectivity index (χ0v) is 18.6. The third-order valence-electron chi connectivity index (χ3n) is 5.54. The van der Waals surface area contributed by atoms with E-state index in [1.165, 1.54) is 7.22 Å². The van der Waals surface area contributed by atoms with Crippen LogP contribution in [0.5, 0.6) is 0 Å². The molecular weight excluding hydrogens is 502 g/mol. The summed E-state index contributed by atoms with van der Waals surface area (Å²) in [6.45, 7) is 0. The van der Waals surface area contributed by atoms with Crippen LogP contribution in [-0.4, -0.2) is 42.5 Å². The number of carbonyl (C=O) groups is 2. The molecular formula is C25H15N3O2Te. The summed E-state index contributed by atoms with van der Waals surface area (Å²) in [6, 6.07) is 15.3. The molecule has 0 fully saturated rings. The number of Topliss-reactive ketones (excluding diaryl/α,β-unsaturated/α-hetero) is 2. The van der Waals surface area contributed by atoms with E-state index in [0.29, 0.717) is 17.5 Å². The predicted molar refractivity (Wildman–Crippen MR) is 120 cm³/mol. The van der Waals surface area contributed by atoms with Gasteiger partial charge in [-0.1, -0.05) is 0 Å². The van der Waals surface area contributed by atoms with Crippen LogP contribution in [0, 0.1) is 0 Å². The molecule has 0 radical (unpaired) electrons. The molecule has 5 nitrogen and oxygen atoms in total. The molecule has 3 aliphatic rings. The minimum atomic E-state index is -0.548. The second-order valence-corrected chi connectivity index (χ2v) is 10.5. The summed E-state index contributed by atoms with van der Waals surface area (Å²) >= 11 is -0.548. The molecule has 0 unspecified atom stereocenters. The van der Waals surface area contributed by atoms with Gasteiger partial charge in [0.1, 0.15) is 0 Å². The van der Waals surface area contributed by atoms with Gasteiger partial charge >= 0.3 is 189 Å². The third kappa shape index (κ3) is 2.91. The molecule has 0 N–H and O–H groups in total. The Kier molecular flexibility index (Phi) is 4.24. The molecule has 3 aromatic rings. The van der Waals surface area contributed by atoms with Crippen LogP contribution in [0.2, 0.25) is 0 Å². The van der Waals surface area contributed by atoms with Crippen molar-refractivity contribution in [3.63, 3.8) is 0 Å². The number of hydrogen-bond donors (Lipinski definition) is 0. The van der Waals surface area contributed by atoms with E-state index in [0.717, 1.165) is 22.9 Å². The van der Waals surface area contributed by atoms with Crippen LogP contribution in [0.3, 0.4) is 0 Å². The number of allylic oxidation sites excluding steroid dienone is 5. The molecule has 6 rings (SSSR count). The molecule has 1 aliphatic heterocycles. The van der Waals surface area contributed by atoms with Gasteiger partial charge in [0.05, 0.1) is 0 Å². The Bertz CT molecular complexity index is 1300. The van der Waals surface area contributed by atoms with Crippen LogP contribution in [0.15, 0.2) is 96.0 Å². The maximum atomic E-state index is 12.7. The van der Waals surface area contributed by atoms with E-state index in [1.54, 1.807) is 30.3 Å². The molecule has 1 aromatic carbocycles. The first-order valence-electron chi connectivity index (χ1n) is 9.88. The van der Waals surface area contributed by atoms with E-state index in [2.05, 4.69) is 27.0 Å².